The average Bonchev–Trinajstić information content (AvgIpc) is 3.10. The Morgan fingerprint density at radius 2 is 1.76 bits per heavy atom. The van der Waals surface area contributed by atoms with Gasteiger partial charge < -0.3 is 0 Å². The van der Waals surface area contributed by atoms with Gasteiger partial charge in [0.05, 0.1) is 5.69 Å². The topological polar surface area (TPSA) is 58.9 Å². The minimum absolute atomic E-state index is 0.767. The summed E-state index contributed by atoms with van der Waals surface area (Å²) in [6.45, 7) is 2.05. The van der Waals surface area contributed by atoms with Crippen LogP contribution < -0.4 is 0 Å². The third kappa shape index (κ3) is 1.82. The van der Waals surface area contributed by atoms with E-state index >= 15 is 0 Å². The van der Waals surface area contributed by atoms with Crippen LogP contribution in [0.4, 0.5) is 0 Å². The average molecular weight is 275 g/mol. The molecule has 0 aliphatic heterocycles. The maximum absolute atomic E-state index is 4.29. The van der Waals surface area contributed by atoms with Gasteiger partial charge in [-0.1, -0.05) is 30.3 Å². The molecular weight excluding hydrogens is 262 g/mol. The molecule has 4 aromatic rings. The third-order valence-corrected chi connectivity index (χ3v) is 3.58. The summed E-state index contributed by atoms with van der Waals surface area (Å²) in [5.74, 6) is 0.767. The van der Waals surface area contributed by atoms with E-state index in [1.165, 1.54) is 0 Å². The number of pyridine rings is 1. The zero-order valence-corrected chi connectivity index (χ0v) is 11.5. The number of hydrogen-bond acceptors (Lipinski definition) is 3. The smallest absolute Gasteiger partial charge is 0.184 e. The van der Waals surface area contributed by atoms with Crippen LogP contribution in [0.1, 0.15) is 5.56 Å². The maximum Gasteiger partial charge on any atom is 0.184 e. The number of fused-ring (bicyclic) bond motifs is 1. The van der Waals surface area contributed by atoms with Gasteiger partial charge in [0.25, 0.3) is 0 Å². The summed E-state index contributed by atoms with van der Waals surface area (Å²) in [5.41, 5.74) is 5.06. The Balaban J connectivity index is 1.94. The van der Waals surface area contributed by atoms with E-state index in [0.717, 1.165) is 33.9 Å². The highest BCUT2D eigenvalue weighted by atomic mass is 15.4. The molecule has 0 saturated carbocycles. The lowest BCUT2D eigenvalue weighted by Gasteiger charge is -1.99. The minimum Gasteiger partial charge on any atom is -0.290 e. The van der Waals surface area contributed by atoms with Crippen molar-refractivity contribution in [2.75, 3.05) is 0 Å². The Hall–Kier alpha value is -2.95. The van der Waals surface area contributed by atoms with Crippen molar-refractivity contribution >= 4 is 5.65 Å². The van der Waals surface area contributed by atoms with E-state index in [1.807, 2.05) is 34.8 Å². The molecule has 0 bridgehead atoms. The van der Waals surface area contributed by atoms with Gasteiger partial charge in [0.2, 0.25) is 0 Å². The van der Waals surface area contributed by atoms with E-state index in [2.05, 4.69) is 39.3 Å². The Labute approximate surface area is 121 Å². The van der Waals surface area contributed by atoms with E-state index in [-0.39, 0.29) is 0 Å². The predicted molar refractivity (Wildman–Crippen MR) is 80.7 cm³/mol. The van der Waals surface area contributed by atoms with Crippen molar-refractivity contribution in [2.24, 2.45) is 0 Å². The Morgan fingerprint density at radius 1 is 0.952 bits per heavy atom. The fourth-order valence-corrected chi connectivity index (χ4v) is 2.51. The van der Waals surface area contributed by atoms with Gasteiger partial charge in [-0.3, -0.25) is 10.1 Å². The molecule has 21 heavy (non-hydrogen) atoms. The van der Waals surface area contributed by atoms with Crippen molar-refractivity contribution in [1.82, 2.24) is 24.8 Å². The number of rotatable bonds is 2. The zero-order chi connectivity index (χ0) is 14.2. The van der Waals surface area contributed by atoms with E-state index < -0.39 is 0 Å². The van der Waals surface area contributed by atoms with Crippen molar-refractivity contribution in [3.63, 3.8) is 0 Å². The van der Waals surface area contributed by atoms with E-state index in [4.69, 9.17) is 0 Å². The van der Waals surface area contributed by atoms with Gasteiger partial charge in [-0.15, -0.1) is 10.2 Å². The number of aryl methyl sites for hydroxylation is 1. The molecular formula is C16H13N5. The number of nitrogens with zero attached hydrogens (tertiary/aromatic N) is 4. The van der Waals surface area contributed by atoms with Crippen LogP contribution in [0.3, 0.4) is 0 Å². The summed E-state index contributed by atoms with van der Waals surface area (Å²) in [6.07, 6.45) is 3.53. The third-order valence-electron chi connectivity index (χ3n) is 3.58. The first kappa shape index (κ1) is 11.8. The highest BCUT2D eigenvalue weighted by Crippen LogP contribution is 2.27. The maximum atomic E-state index is 4.29. The molecule has 0 aliphatic carbocycles. The quantitative estimate of drug-likeness (QED) is 0.611. The first-order chi connectivity index (χ1) is 10.3. The number of benzene rings is 1. The lowest BCUT2D eigenvalue weighted by molar-refractivity contribution is 0.968. The standard InChI is InChI=1S/C16H13N5/c1-11-14(12-6-3-2-4-7-12)20-21-15(11)18-19-16(21)13-8-5-9-17-10-13/h2-10,20H,1H3. The Kier molecular flexibility index (Phi) is 2.57. The summed E-state index contributed by atoms with van der Waals surface area (Å²) in [7, 11) is 0. The fourth-order valence-electron chi connectivity index (χ4n) is 2.51. The molecule has 0 unspecified atom stereocenters. The van der Waals surface area contributed by atoms with Gasteiger partial charge >= 0.3 is 0 Å². The number of nitrogens with one attached hydrogen (secondary N) is 1. The number of H-pyrrole nitrogens is 1. The molecule has 0 amide bonds. The molecule has 0 aliphatic rings. The second-order valence-electron chi connectivity index (χ2n) is 4.90. The normalized spacial score (nSPS) is 11.1. The molecule has 1 N–H and O–H groups in total. The SMILES string of the molecule is Cc1c(-c2ccccc2)[nH]n2c(-c3cccnc3)nnc12. The van der Waals surface area contributed by atoms with Crippen molar-refractivity contribution in [1.29, 1.82) is 0 Å². The second-order valence-corrected chi connectivity index (χ2v) is 4.90. The van der Waals surface area contributed by atoms with E-state index in [9.17, 15) is 0 Å². The molecule has 0 saturated heterocycles. The minimum atomic E-state index is 0.767. The van der Waals surface area contributed by atoms with Gasteiger partial charge in [-0.2, -0.15) is 0 Å². The molecule has 5 nitrogen and oxygen atoms in total. The van der Waals surface area contributed by atoms with Crippen LogP contribution in [0.15, 0.2) is 54.9 Å². The van der Waals surface area contributed by atoms with Crippen LogP contribution in [0.25, 0.3) is 28.3 Å². The Morgan fingerprint density at radius 3 is 2.52 bits per heavy atom. The number of aromatic nitrogens is 5. The van der Waals surface area contributed by atoms with Gasteiger partial charge in [0.1, 0.15) is 0 Å². The molecule has 3 aromatic heterocycles. The van der Waals surface area contributed by atoms with Crippen LogP contribution in [0, 0.1) is 6.92 Å². The molecule has 0 atom stereocenters. The highest BCUT2D eigenvalue weighted by molar-refractivity contribution is 5.72. The van der Waals surface area contributed by atoms with Gasteiger partial charge in [-0.25, -0.2) is 4.52 Å². The monoisotopic (exact) mass is 275 g/mol. The molecule has 1 aromatic carbocycles. The van der Waals surface area contributed by atoms with E-state index in [1.54, 1.807) is 12.4 Å². The summed E-state index contributed by atoms with van der Waals surface area (Å²) in [4.78, 5) is 4.14. The summed E-state index contributed by atoms with van der Waals surface area (Å²) < 4.78 is 1.91. The highest BCUT2D eigenvalue weighted by Gasteiger charge is 2.16. The lowest BCUT2D eigenvalue weighted by atomic mass is 10.1. The van der Waals surface area contributed by atoms with Crippen molar-refractivity contribution < 1.29 is 0 Å². The van der Waals surface area contributed by atoms with Crippen LogP contribution >= 0.6 is 0 Å². The van der Waals surface area contributed by atoms with Crippen LogP contribution in [0.2, 0.25) is 0 Å². The van der Waals surface area contributed by atoms with E-state index in [0.29, 0.717) is 0 Å². The first-order valence-electron chi connectivity index (χ1n) is 6.74. The molecule has 4 rings (SSSR count). The van der Waals surface area contributed by atoms with Gasteiger partial charge in [0, 0.05) is 23.5 Å². The number of hydrogen-bond donors (Lipinski definition) is 1. The van der Waals surface area contributed by atoms with Crippen molar-refractivity contribution in [3.05, 3.63) is 60.4 Å². The summed E-state index contributed by atoms with van der Waals surface area (Å²) >= 11 is 0. The molecule has 5 heteroatoms. The van der Waals surface area contributed by atoms with Crippen LogP contribution in [-0.2, 0) is 0 Å². The van der Waals surface area contributed by atoms with Crippen molar-refractivity contribution in [2.45, 2.75) is 6.92 Å². The Bertz CT molecular complexity index is 890. The van der Waals surface area contributed by atoms with Crippen LogP contribution in [-0.4, -0.2) is 24.8 Å². The molecule has 0 fully saturated rings. The largest absolute Gasteiger partial charge is 0.290 e. The van der Waals surface area contributed by atoms with Gasteiger partial charge in [-0.05, 0) is 24.6 Å². The summed E-state index contributed by atoms with van der Waals surface area (Å²) in [6, 6.07) is 14.1. The predicted octanol–water partition coefficient (Wildman–Crippen LogP) is 3.09. The molecule has 0 spiro atoms. The number of aromatic amines is 1. The zero-order valence-electron chi connectivity index (χ0n) is 11.5. The first-order valence-corrected chi connectivity index (χ1v) is 6.74. The summed E-state index contributed by atoms with van der Waals surface area (Å²) in [5, 5.41) is 11.9. The second kappa shape index (κ2) is 4.56. The molecule has 0 radical (unpaired) electrons. The van der Waals surface area contributed by atoms with Gasteiger partial charge in [0.15, 0.2) is 11.5 Å². The van der Waals surface area contributed by atoms with Crippen LogP contribution in [0.5, 0.6) is 0 Å². The fraction of sp³-hybridized carbons (Fsp3) is 0.0625. The molecule has 102 valence electrons. The molecule has 3 heterocycles. The van der Waals surface area contributed by atoms with Crippen molar-refractivity contribution in [3.8, 4) is 22.6 Å². The lowest BCUT2D eigenvalue weighted by Crippen LogP contribution is -1.91.